The highest BCUT2D eigenvalue weighted by Gasteiger charge is 2.03. The third-order valence-corrected chi connectivity index (χ3v) is 3.20. The molecule has 96 valence electrons. The SMILES string of the molecule is CCCCCSc1cc(N)nc(COCC)n1. The Kier molecular flexibility index (Phi) is 6.96. The second-order valence-corrected chi connectivity index (χ2v) is 4.86. The average Bonchev–Trinajstić information content (AvgIpc) is 2.31. The molecule has 17 heavy (non-hydrogen) atoms. The number of thioether (sulfide) groups is 1. The van der Waals surface area contributed by atoms with Gasteiger partial charge in [-0.1, -0.05) is 19.8 Å². The Morgan fingerprint density at radius 1 is 1.29 bits per heavy atom. The van der Waals surface area contributed by atoms with Crippen molar-refractivity contribution in [3.05, 3.63) is 11.9 Å². The van der Waals surface area contributed by atoms with Crippen molar-refractivity contribution in [3.63, 3.8) is 0 Å². The number of aromatic nitrogens is 2. The largest absolute Gasteiger partial charge is 0.384 e. The highest BCUT2D eigenvalue weighted by molar-refractivity contribution is 7.99. The van der Waals surface area contributed by atoms with Gasteiger partial charge in [0.1, 0.15) is 17.5 Å². The quantitative estimate of drug-likeness (QED) is 0.439. The molecule has 0 saturated heterocycles. The molecule has 1 rings (SSSR count). The Morgan fingerprint density at radius 2 is 2.12 bits per heavy atom. The molecule has 4 nitrogen and oxygen atoms in total. The number of anilines is 1. The predicted molar refractivity (Wildman–Crippen MR) is 72.0 cm³/mol. The maximum atomic E-state index is 5.74. The Labute approximate surface area is 107 Å². The number of ether oxygens (including phenoxy) is 1. The molecule has 0 unspecified atom stereocenters. The van der Waals surface area contributed by atoms with Gasteiger partial charge in [-0.15, -0.1) is 11.8 Å². The molecule has 0 fully saturated rings. The van der Waals surface area contributed by atoms with E-state index >= 15 is 0 Å². The van der Waals surface area contributed by atoms with Gasteiger partial charge in [0, 0.05) is 12.7 Å². The highest BCUT2D eigenvalue weighted by Crippen LogP contribution is 2.19. The Bertz CT molecular complexity index is 334. The molecule has 2 N–H and O–H groups in total. The lowest BCUT2D eigenvalue weighted by atomic mass is 10.3. The lowest BCUT2D eigenvalue weighted by Gasteiger charge is -2.05. The number of nitrogens with two attached hydrogens (primary N) is 1. The fraction of sp³-hybridized carbons (Fsp3) is 0.667. The number of nitrogens with zero attached hydrogens (tertiary/aromatic N) is 2. The lowest BCUT2D eigenvalue weighted by Crippen LogP contribution is -2.03. The predicted octanol–water partition coefficient (Wildman–Crippen LogP) is 2.88. The van der Waals surface area contributed by atoms with Crippen LogP contribution >= 0.6 is 11.8 Å². The van der Waals surface area contributed by atoms with Gasteiger partial charge in [-0.05, 0) is 19.1 Å². The zero-order valence-electron chi connectivity index (χ0n) is 10.6. The van der Waals surface area contributed by atoms with Crippen LogP contribution in [0.2, 0.25) is 0 Å². The van der Waals surface area contributed by atoms with Crippen molar-refractivity contribution in [2.45, 2.75) is 44.7 Å². The van der Waals surface area contributed by atoms with Crippen LogP contribution in [0.5, 0.6) is 0 Å². The van der Waals surface area contributed by atoms with Crippen LogP contribution < -0.4 is 5.73 Å². The van der Waals surface area contributed by atoms with Crippen molar-refractivity contribution in [1.82, 2.24) is 9.97 Å². The van der Waals surface area contributed by atoms with Crippen LogP contribution in [0.25, 0.3) is 0 Å². The minimum atomic E-state index is 0.435. The third kappa shape index (κ3) is 5.89. The second-order valence-electron chi connectivity index (χ2n) is 3.74. The molecule has 0 bridgehead atoms. The Morgan fingerprint density at radius 3 is 2.82 bits per heavy atom. The van der Waals surface area contributed by atoms with Gasteiger partial charge in [0.05, 0.1) is 0 Å². The summed E-state index contributed by atoms with van der Waals surface area (Å²) in [7, 11) is 0. The van der Waals surface area contributed by atoms with Crippen molar-refractivity contribution in [2.75, 3.05) is 18.1 Å². The van der Waals surface area contributed by atoms with Crippen LogP contribution in [0, 0.1) is 0 Å². The zero-order valence-corrected chi connectivity index (χ0v) is 11.4. The van der Waals surface area contributed by atoms with Gasteiger partial charge in [0.15, 0.2) is 5.82 Å². The number of rotatable bonds is 8. The van der Waals surface area contributed by atoms with Gasteiger partial charge in [0.25, 0.3) is 0 Å². The van der Waals surface area contributed by atoms with Gasteiger partial charge in [-0.25, -0.2) is 9.97 Å². The fourth-order valence-electron chi connectivity index (χ4n) is 1.35. The third-order valence-electron chi connectivity index (χ3n) is 2.20. The summed E-state index contributed by atoms with van der Waals surface area (Å²) in [5.41, 5.74) is 5.74. The smallest absolute Gasteiger partial charge is 0.157 e. The number of hydrogen-bond donors (Lipinski definition) is 1. The molecular weight excluding hydrogens is 234 g/mol. The summed E-state index contributed by atoms with van der Waals surface area (Å²) in [5.74, 6) is 2.27. The van der Waals surface area contributed by atoms with Crippen molar-refractivity contribution in [3.8, 4) is 0 Å². The van der Waals surface area contributed by atoms with E-state index in [1.54, 1.807) is 11.8 Å². The van der Waals surface area contributed by atoms with Gasteiger partial charge < -0.3 is 10.5 Å². The molecule has 0 atom stereocenters. The maximum absolute atomic E-state index is 5.74. The lowest BCUT2D eigenvalue weighted by molar-refractivity contribution is 0.128. The molecular formula is C12H21N3OS. The van der Waals surface area contributed by atoms with Crippen LogP contribution in [-0.4, -0.2) is 22.3 Å². The van der Waals surface area contributed by atoms with Gasteiger partial charge in [-0.2, -0.15) is 0 Å². The van der Waals surface area contributed by atoms with E-state index in [1.165, 1.54) is 19.3 Å². The first-order chi connectivity index (χ1) is 8.26. The summed E-state index contributed by atoms with van der Waals surface area (Å²) < 4.78 is 5.28. The molecule has 1 aromatic rings. The van der Waals surface area contributed by atoms with Crippen LogP contribution in [0.15, 0.2) is 11.1 Å². The Balaban J connectivity index is 2.50. The summed E-state index contributed by atoms with van der Waals surface area (Å²) in [5, 5.41) is 0.948. The standard InChI is InChI=1S/C12H21N3OS/c1-3-5-6-7-17-12-8-10(13)14-11(15-12)9-16-4-2/h8H,3-7,9H2,1-2H3,(H2,13,14,15). The molecule has 0 saturated carbocycles. The summed E-state index contributed by atoms with van der Waals surface area (Å²) in [6.07, 6.45) is 3.72. The molecule has 0 amide bonds. The van der Waals surface area contributed by atoms with E-state index in [-0.39, 0.29) is 0 Å². The van der Waals surface area contributed by atoms with E-state index in [0.717, 1.165) is 10.8 Å². The first-order valence-electron chi connectivity index (χ1n) is 6.10. The normalized spacial score (nSPS) is 10.7. The highest BCUT2D eigenvalue weighted by atomic mass is 32.2. The number of nitrogen functional groups attached to an aromatic ring is 1. The fourth-order valence-corrected chi connectivity index (χ4v) is 2.28. The maximum Gasteiger partial charge on any atom is 0.157 e. The van der Waals surface area contributed by atoms with Crippen molar-refractivity contribution in [1.29, 1.82) is 0 Å². The van der Waals surface area contributed by atoms with E-state index in [1.807, 2.05) is 13.0 Å². The average molecular weight is 255 g/mol. The zero-order chi connectivity index (χ0) is 12.5. The van der Waals surface area contributed by atoms with E-state index in [0.29, 0.717) is 24.9 Å². The van der Waals surface area contributed by atoms with Crippen LogP contribution in [0.1, 0.15) is 38.9 Å². The summed E-state index contributed by atoms with van der Waals surface area (Å²) in [6.45, 7) is 5.25. The minimum absolute atomic E-state index is 0.435. The second kappa shape index (κ2) is 8.31. The first-order valence-corrected chi connectivity index (χ1v) is 7.08. The molecule has 0 aromatic carbocycles. The van der Waals surface area contributed by atoms with Gasteiger partial charge in [0.2, 0.25) is 0 Å². The first kappa shape index (κ1) is 14.3. The molecule has 0 aliphatic carbocycles. The molecule has 0 aliphatic rings. The van der Waals surface area contributed by atoms with Crippen LogP contribution in [0.3, 0.4) is 0 Å². The molecule has 5 heteroatoms. The minimum Gasteiger partial charge on any atom is -0.384 e. The monoisotopic (exact) mass is 255 g/mol. The molecule has 1 aromatic heterocycles. The van der Waals surface area contributed by atoms with Crippen molar-refractivity contribution < 1.29 is 4.74 Å². The van der Waals surface area contributed by atoms with E-state index in [4.69, 9.17) is 10.5 Å². The molecule has 1 heterocycles. The summed E-state index contributed by atoms with van der Waals surface area (Å²) in [4.78, 5) is 8.56. The molecule has 0 aliphatic heterocycles. The topological polar surface area (TPSA) is 61.0 Å². The summed E-state index contributed by atoms with van der Waals surface area (Å²) >= 11 is 1.74. The van der Waals surface area contributed by atoms with E-state index < -0.39 is 0 Å². The van der Waals surface area contributed by atoms with E-state index in [9.17, 15) is 0 Å². The van der Waals surface area contributed by atoms with E-state index in [2.05, 4.69) is 16.9 Å². The number of unbranched alkanes of at least 4 members (excludes halogenated alkanes) is 2. The van der Waals surface area contributed by atoms with Crippen LogP contribution in [-0.2, 0) is 11.3 Å². The number of hydrogen-bond acceptors (Lipinski definition) is 5. The van der Waals surface area contributed by atoms with Gasteiger partial charge >= 0.3 is 0 Å². The van der Waals surface area contributed by atoms with Crippen molar-refractivity contribution in [2.24, 2.45) is 0 Å². The molecule has 0 radical (unpaired) electrons. The van der Waals surface area contributed by atoms with Gasteiger partial charge in [-0.3, -0.25) is 0 Å². The summed E-state index contributed by atoms with van der Waals surface area (Å²) in [6, 6.07) is 1.83. The van der Waals surface area contributed by atoms with Crippen LogP contribution in [0.4, 0.5) is 5.82 Å². The molecule has 0 spiro atoms. The van der Waals surface area contributed by atoms with Crippen molar-refractivity contribution >= 4 is 17.6 Å². The Hall–Kier alpha value is -0.810.